The lowest BCUT2D eigenvalue weighted by molar-refractivity contribution is -0.114. The summed E-state index contributed by atoms with van der Waals surface area (Å²) >= 11 is 0. The van der Waals surface area contributed by atoms with E-state index in [1.54, 1.807) is 12.1 Å². The maximum atomic E-state index is 12.1. The Morgan fingerprint density at radius 2 is 1.65 bits per heavy atom. The molecule has 2 rings (SSSR count). The van der Waals surface area contributed by atoms with Gasteiger partial charge in [-0.15, -0.1) is 0 Å². The largest absolute Gasteiger partial charge is 0.326 e. The molecule has 0 aromatic heterocycles. The molecule has 0 heterocycles. The smallest absolute Gasteiger partial charge is 0.265 e. The Balaban J connectivity index is 1.97. The van der Waals surface area contributed by atoms with Crippen molar-refractivity contribution in [2.45, 2.75) is 26.3 Å². The minimum atomic E-state index is -0.168. The molecular formula is C18H21N3O2. The van der Waals surface area contributed by atoms with E-state index in [1.807, 2.05) is 49.4 Å². The van der Waals surface area contributed by atoms with Gasteiger partial charge in [-0.05, 0) is 36.2 Å². The first kappa shape index (κ1) is 16.7. The van der Waals surface area contributed by atoms with Crippen LogP contribution in [0.5, 0.6) is 0 Å². The van der Waals surface area contributed by atoms with Crippen LogP contribution in [0.4, 0.5) is 5.69 Å². The first-order valence-electron chi connectivity index (χ1n) is 7.58. The number of hydrogen-bond donors (Lipinski definition) is 3. The van der Waals surface area contributed by atoms with Gasteiger partial charge < -0.3 is 5.32 Å². The molecule has 0 aliphatic rings. The van der Waals surface area contributed by atoms with Gasteiger partial charge in [0.2, 0.25) is 5.91 Å². The fourth-order valence-electron chi connectivity index (χ4n) is 2.24. The molecule has 2 amide bonds. The van der Waals surface area contributed by atoms with Crippen LogP contribution in [0.15, 0.2) is 54.6 Å². The minimum absolute atomic E-state index is 0.00552. The standard InChI is InChI=1S/C18H21N3O2/c1-3-17(14-9-11-16(12-10-14)19-13(2)22)20-21-18(23)15-7-5-4-6-8-15/h4-12,17,20H,3H2,1-2H3,(H,19,22)(H,21,23)/t17-/m0/s1. The normalized spacial score (nSPS) is 11.6. The Hall–Kier alpha value is -2.66. The van der Waals surface area contributed by atoms with E-state index in [-0.39, 0.29) is 17.9 Å². The maximum absolute atomic E-state index is 12.1. The highest BCUT2D eigenvalue weighted by Gasteiger charge is 2.11. The molecule has 23 heavy (non-hydrogen) atoms. The summed E-state index contributed by atoms with van der Waals surface area (Å²) in [5.41, 5.74) is 8.19. The van der Waals surface area contributed by atoms with E-state index in [0.717, 1.165) is 17.7 Å². The SMILES string of the molecule is CC[C@H](NNC(=O)c1ccccc1)c1ccc(NC(C)=O)cc1. The van der Waals surface area contributed by atoms with E-state index in [4.69, 9.17) is 0 Å². The van der Waals surface area contributed by atoms with Crippen LogP contribution in [-0.2, 0) is 4.79 Å². The van der Waals surface area contributed by atoms with E-state index in [0.29, 0.717) is 5.56 Å². The van der Waals surface area contributed by atoms with E-state index in [2.05, 4.69) is 16.2 Å². The lowest BCUT2D eigenvalue weighted by Gasteiger charge is -2.18. The summed E-state index contributed by atoms with van der Waals surface area (Å²) in [6, 6.07) is 16.6. The molecule has 1 atom stereocenters. The number of carbonyl (C=O) groups excluding carboxylic acids is 2. The van der Waals surface area contributed by atoms with E-state index < -0.39 is 0 Å². The van der Waals surface area contributed by atoms with Gasteiger partial charge in [-0.25, -0.2) is 5.43 Å². The second kappa shape index (κ2) is 8.10. The maximum Gasteiger partial charge on any atom is 0.265 e. The molecule has 3 N–H and O–H groups in total. The number of anilines is 1. The number of nitrogens with one attached hydrogen (secondary N) is 3. The zero-order valence-corrected chi connectivity index (χ0v) is 13.3. The summed E-state index contributed by atoms with van der Waals surface area (Å²) in [4.78, 5) is 23.1. The molecule has 0 unspecified atom stereocenters. The minimum Gasteiger partial charge on any atom is -0.326 e. The van der Waals surface area contributed by atoms with Crippen molar-refractivity contribution in [1.82, 2.24) is 10.9 Å². The number of amides is 2. The predicted octanol–water partition coefficient (Wildman–Crippen LogP) is 3.03. The highest BCUT2D eigenvalue weighted by Crippen LogP contribution is 2.18. The molecule has 120 valence electrons. The first-order valence-corrected chi connectivity index (χ1v) is 7.58. The Labute approximate surface area is 136 Å². The number of hydrazine groups is 1. The van der Waals surface area contributed by atoms with Crippen molar-refractivity contribution in [1.29, 1.82) is 0 Å². The second-order valence-electron chi connectivity index (χ2n) is 5.23. The van der Waals surface area contributed by atoms with Gasteiger partial charge in [-0.1, -0.05) is 37.3 Å². The summed E-state index contributed by atoms with van der Waals surface area (Å²) in [6.07, 6.45) is 0.814. The van der Waals surface area contributed by atoms with Crippen molar-refractivity contribution in [2.75, 3.05) is 5.32 Å². The quantitative estimate of drug-likeness (QED) is 0.718. The molecule has 0 radical (unpaired) electrons. The molecule has 0 saturated heterocycles. The summed E-state index contributed by atoms with van der Waals surface area (Å²) in [5, 5.41) is 2.73. The Morgan fingerprint density at radius 3 is 2.22 bits per heavy atom. The van der Waals surface area contributed by atoms with Crippen LogP contribution >= 0.6 is 0 Å². The number of rotatable bonds is 6. The molecule has 5 nitrogen and oxygen atoms in total. The van der Waals surface area contributed by atoms with E-state index in [9.17, 15) is 9.59 Å². The summed E-state index contributed by atoms with van der Waals surface area (Å²) < 4.78 is 0. The Bertz CT molecular complexity index is 654. The first-order chi connectivity index (χ1) is 11.1. The molecule has 2 aromatic rings. The van der Waals surface area contributed by atoms with Crippen molar-refractivity contribution in [2.24, 2.45) is 0 Å². The van der Waals surface area contributed by atoms with Crippen LogP contribution in [0.3, 0.4) is 0 Å². The molecule has 0 aliphatic heterocycles. The average molecular weight is 311 g/mol. The van der Waals surface area contributed by atoms with Gasteiger partial charge in [0, 0.05) is 18.2 Å². The highest BCUT2D eigenvalue weighted by atomic mass is 16.2. The Kier molecular flexibility index (Phi) is 5.88. The number of hydrogen-bond acceptors (Lipinski definition) is 3. The fourth-order valence-corrected chi connectivity index (χ4v) is 2.24. The summed E-state index contributed by atoms with van der Waals surface area (Å²) in [5.74, 6) is -0.267. The van der Waals surface area contributed by atoms with Crippen LogP contribution in [-0.4, -0.2) is 11.8 Å². The van der Waals surface area contributed by atoms with Crippen LogP contribution in [0.1, 0.15) is 42.2 Å². The zero-order valence-electron chi connectivity index (χ0n) is 13.3. The predicted molar refractivity (Wildman–Crippen MR) is 90.8 cm³/mol. The van der Waals surface area contributed by atoms with Crippen molar-refractivity contribution < 1.29 is 9.59 Å². The molecular weight excluding hydrogens is 290 g/mol. The molecule has 0 aliphatic carbocycles. The highest BCUT2D eigenvalue weighted by molar-refractivity contribution is 5.93. The topological polar surface area (TPSA) is 70.2 Å². The lowest BCUT2D eigenvalue weighted by atomic mass is 10.0. The third-order valence-electron chi connectivity index (χ3n) is 3.44. The average Bonchev–Trinajstić information content (AvgIpc) is 2.57. The summed E-state index contributed by atoms with van der Waals surface area (Å²) in [7, 11) is 0. The lowest BCUT2D eigenvalue weighted by Crippen LogP contribution is -2.39. The van der Waals surface area contributed by atoms with Crippen molar-refractivity contribution in [3.05, 3.63) is 65.7 Å². The summed E-state index contributed by atoms with van der Waals surface area (Å²) in [6.45, 7) is 3.51. The van der Waals surface area contributed by atoms with E-state index >= 15 is 0 Å². The van der Waals surface area contributed by atoms with Gasteiger partial charge >= 0.3 is 0 Å². The molecule has 0 fully saturated rings. The second-order valence-corrected chi connectivity index (χ2v) is 5.23. The van der Waals surface area contributed by atoms with Gasteiger partial charge in [0.25, 0.3) is 5.91 Å². The third kappa shape index (κ3) is 4.93. The molecule has 5 heteroatoms. The van der Waals surface area contributed by atoms with Gasteiger partial charge in [-0.2, -0.15) is 0 Å². The molecule has 0 spiro atoms. The molecule has 2 aromatic carbocycles. The molecule has 0 saturated carbocycles. The van der Waals surface area contributed by atoms with Crippen molar-refractivity contribution in [3.63, 3.8) is 0 Å². The van der Waals surface area contributed by atoms with Crippen LogP contribution < -0.4 is 16.2 Å². The van der Waals surface area contributed by atoms with Gasteiger partial charge in [0.15, 0.2) is 0 Å². The number of benzene rings is 2. The van der Waals surface area contributed by atoms with Gasteiger partial charge in [0.1, 0.15) is 0 Å². The number of carbonyl (C=O) groups is 2. The van der Waals surface area contributed by atoms with Crippen molar-refractivity contribution >= 4 is 17.5 Å². The van der Waals surface area contributed by atoms with Gasteiger partial charge in [-0.3, -0.25) is 15.0 Å². The fraction of sp³-hybridized carbons (Fsp3) is 0.222. The molecule has 0 bridgehead atoms. The third-order valence-corrected chi connectivity index (χ3v) is 3.44. The van der Waals surface area contributed by atoms with Crippen LogP contribution in [0, 0.1) is 0 Å². The van der Waals surface area contributed by atoms with Crippen molar-refractivity contribution in [3.8, 4) is 0 Å². The zero-order chi connectivity index (χ0) is 16.7. The van der Waals surface area contributed by atoms with Crippen LogP contribution in [0.25, 0.3) is 0 Å². The van der Waals surface area contributed by atoms with Gasteiger partial charge in [0.05, 0.1) is 6.04 Å². The Morgan fingerprint density at radius 1 is 1.00 bits per heavy atom. The van der Waals surface area contributed by atoms with E-state index in [1.165, 1.54) is 6.92 Å². The monoisotopic (exact) mass is 311 g/mol. The van der Waals surface area contributed by atoms with Crippen LogP contribution in [0.2, 0.25) is 0 Å².